The number of para-hydroxylation sites is 1. The molecular weight excluding hydrogens is 659 g/mol. The van der Waals surface area contributed by atoms with Crippen molar-refractivity contribution in [3.63, 3.8) is 0 Å². The normalized spacial score (nSPS) is 13.9. The first kappa shape index (κ1) is 29.0. The molecule has 3 aromatic carbocycles. The van der Waals surface area contributed by atoms with E-state index in [1.165, 1.54) is 61.7 Å². The standard InChI is InChI=1S/C27H20F2IN3O6S/c1-38-21-11-15(10-19(30)25(21)39-14-24(35)31-17-8-6-16(28)7-9-17)12-22-26(36)33(27(37)40-22)13-23(34)32-20-5-3-2-4-18(20)29/h2-12H,13-14H2,1H3,(H,31,35)(H,32,34)/b22-12-. The summed E-state index contributed by atoms with van der Waals surface area (Å²) in [5, 5.41) is 4.29. The summed E-state index contributed by atoms with van der Waals surface area (Å²) in [5.41, 5.74) is 0.850. The molecule has 0 atom stereocenters. The summed E-state index contributed by atoms with van der Waals surface area (Å²) in [6, 6.07) is 14.0. The first-order valence-corrected chi connectivity index (χ1v) is 13.4. The van der Waals surface area contributed by atoms with Gasteiger partial charge in [-0.25, -0.2) is 8.78 Å². The van der Waals surface area contributed by atoms with Crippen LogP contribution in [0, 0.1) is 15.2 Å². The second kappa shape index (κ2) is 12.9. The van der Waals surface area contributed by atoms with Gasteiger partial charge in [0.25, 0.3) is 17.1 Å². The lowest BCUT2D eigenvalue weighted by atomic mass is 10.2. The molecule has 0 bridgehead atoms. The monoisotopic (exact) mass is 679 g/mol. The van der Waals surface area contributed by atoms with Crippen molar-refractivity contribution in [2.75, 3.05) is 30.9 Å². The molecule has 9 nitrogen and oxygen atoms in total. The highest BCUT2D eigenvalue weighted by Gasteiger charge is 2.36. The Balaban J connectivity index is 1.42. The molecule has 1 fully saturated rings. The highest BCUT2D eigenvalue weighted by atomic mass is 127. The molecule has 40 heavy (non-hydrogen) atoms. The number of hydrogen-bond donors (Lipinski definition) is 2. The van der Waals surface area contributed by atoms with Crippen molar-refractivity contribution in [3.8, 4) is 11.5 Å². The van der Waals surface area contributed by atoms with Gasteiger partial charge in [0.05, 0.1) is 21.3 Å². The molecule has 0 radical (unpaired) electrons. The summed E-state index contributed by atoms with van der Waals surface area (Å²) in [6.45, 7) is -0.930. The van der Waals surface area contributed by atoms with E-state index < -0.39 is 41.1 Å². The van der Waals surface area contributed by atoms with Gasteiger partial charge in [-0.3, -0.25) is 24.1 Å². The van der Waals surface area contributed by atoms with Crippen LogP contribution >= 0.6 is 34.4 Å². The molecule has 2 N–H and O–H groups in total. The van der Waals surface area contributed by atoms with Crippen LogP contribution in [0.3, 0.4) is 0 Å². The van der Waals surface area contributed by atoms with Crippen LogP contribution in [0.15, 0.2) is 65.6 Å². The Morgan fingerprint density at radius 3 is 2.45 bits per heavy atom. The van der Waals surface area contributed by atoms with Crippen molar-refractivity contribution in [2.45, 2.75) is 0 Å². The van der Waals surface area contributed by atoms with Gasteiger partial charge in [-0.05, 0) is 94.5 Å². The molecule has 0 saturated carbocycles. The Hall–Kier alpha value is -3.98. The Bertz CT molecular complexity index is 1520. The van der Waals surface area contributed by atoms with Crippen LogP contribution in [0.1, 0.15) is 5.56 Å². The molecule has 1 aliphatic rings. The van der Waals surface area contributed by atoms with E-state index in [-0.39, 0.29) is 28.7 Å². The topological polar surface area (TPSA) is 114 Å². The fraction of sp³-hybridized carbons (Fsp3) is 0.111. The number of carbonyl (C=O) groups is 4. The van der Waals surface area contributed by atoms with Crippen LogP contribution in [0.4, 0.5) is 25.0 Å². The van der Waals surface area contributed by atoms with Crippen LogP contribution in [-0.4, -0.2) is 48.1 Å². The first-order chi connectivity index (χ1) is 19.1. The summed E-state index contributed by atoms with van der Waals surface area (Å²) in [6.07, 6.45) is 1.47. The number of ether oxygens (including phenoxy) is 2. The van der Waals surface area contributed by atoms with Crippen LogP contribution in [0.2, 0.25) is 0 Å². The molecule has 3 aromatic rings. The predicted octanol–water partition coefficient (Wildman–Crippen LogP) is 5.27. The second-order valence-corrected chi connectivity index (χ2v) is 10.3. The van der Waals surface area contributed by atoms with Crippen molar-refractivity contribution in [3.05, 3.63) is 86.3 Å². The van der Waals surface area contributed by atoms with E-state index in [0.717, 1.165) is 4.90 Å². The third kappa shape index (κ3) is 7.15. The molecule has 1 aliphatic heterocycles. The smallest absolute Gasteiger partial charge is 0.294 e. The van der Waals surface area contributed by atoms with E-state index in [9.17, 15) is 28.0 Å². The molecule has 1 saturated heterocycles. The lowest BCUT2D eigenvalue weighted by Gasteiger charge is -2.14. The van der Waals surface area contributed by atoms with Crippen molar-refractivity contribution in [2.24, 2.45) is 0 Å². The molecule has 4 rings (SSSR count). The molecule has 0 aliphatic carbocycles. The number of thioether (sulfide) groups is 1. The molecule has 0 unspecified atom stereocenters. The predicted molar refractivity (Wildman–Crippen MR) is 154 cm³/mol. The van der Waals surface area contributed by atoms with E-state index >= 15 is 0 Å². The van der Waals surface area contributed by atoms with Crippen molar-refractivity contribution in [1.29, 1.82) is 0 Å². The van der Waals surface area contributed by atoms with Crippen molar-refractivity contribution < 1.29 is 37.4 Å². The summed E-state index contributed by atoms with van der Waals surface area (Å²) < 4.78 is 38.5. The van der Waals surface area contributed by atoms with Gasteiger partial charge in [0.15, 0.2) is 18.1 Å². The number of hydrogen-bond acceptors (Lipinski definition) is 7. The third-order valence-corrected chi connectivity index (χ3v) is 7.06. The highest BCUT2D eigenvalue weighted by Crippen LogP contribution is 2.37. The van der Waals surface area contributed by atoms with Gasteiger partial charge in [0.1, 0.15) is 18.2 Å². The van der Waals surface area contributed by atoms with E-state index in [1.807, 2.05) is 22.6 Å². The SMILES string of the molecule is COc1cc(/C=C2\SC(=O)N(CC(=O)Nc3ccccc3F)C2=O)cc(I)c1OCC(=O)Nc1ccc(F)cc1. The van der Waals surface area contributed by atoms with Crippen molar-refractivity contribution in [1.82, 2.24) is 4.90 Å². The van der Waals surface area contributed by atoms with Crippen LogP contribution in [0.5, 0.6) is 11.5 Å². The summed E-state index contributed by atoms with van der Waals surface area (Å²) in [7, 11) is 1.41. The van der Waals surface area contributed by atoms with Crippen LogP contribution < -0.4 is 20.1 Å². The van der Waals surface area contributed by atoms with E-state index in [0.29, 0.717) is 26.6 Å². The number of halogens is 3. The summed E-state index contributed by atoms with van der Waals surface area (Å²) >= 11 is 2.64. The largest absolute Gasteiger partial charge is 0.493 e. The van der Waals surface area contributed by atoms with Gasteiger partial charge >= 0.3 is 0 Å². The molecule has 13 heteroatoms. The Morgan fingerprint density at radius 1 is 1.02 bits per heavy atom. The quantitative estimate of drug-likeness (QED) is 0.234. The lowest BCUT2D eigenvalue weighted by molar-refractivity contribution is -0.127. The summed E-state index contributed by atoms with van der Waals surface area (Å²) in [4.78, 5) is 50.8. The van der Waals surface area contributed by atoms with Crippen LogP contribution in [0.25, 0.3) is 6.08 Å². The van der Waals surface area contributed by atoms with E-state index in [4.69, 9.17) is 9.47 Å². The average molecular weight is 679 g/mol. The molecule has 206 valence electrons. The van der Waals surface area contributed by atoms with Gasteiger partial charge in [-0.2, -0.15) is 0 Å². The van der Waals surface area contributed by atoms with Gasteiger partial charge < -0.3 is 20.1 Å². The fourth-order valence-electron chi connectivity index (χ4n) is 3.51. The van der Waals surface area contributed by atoms with Crippen LogP contribution in [-0.2, 0) is 14.4 Å². The zero-order chi connectivity index (χ0) is 28.8. The molecule has 1 heterocycles. The average Bonchev–Trinajstić information content (AvgIpc) is 3.17. The fourth-order valence-corrected chi connectivity index (χ4v) is 5.13. The molecule has 0 spiro atoms. The zero-order valence-electron chi connectivity index (χ0n) is 20.7. The maximum atomic E-state index is 13.8. The van der Waals surface area contributed by atoms with Crippen molar-refractivity contribution >= 4 is 74.8 Å². The Morgan fingerprint density at radius 2 is 1.75 bits per heavy atom. The third-order valence-electron chi connectivity index (χ3n) is 5.35. The minimum atomic E-state index is -0.727. The number of amides is 4. The number of carbonyl (C=O) groups excluding carboxylic acids is 4. The highest BCUT2D eigenvalue weighted by molar-refractivity contribution is 14.1. The van der Waals surface area contributed by atoms with Gasteiger partial charge in [-0.15, -0.1) is 0 Å². The number of imide groups is 1. The molecular formula is C27H20F2IN3O6S. The minimum absolute atomic E-state index is 0.0630. The number of nitrogens with one attached hydrogen (secondary N) is 2. The molecule has 0 aromatic heterocycles. The van der Waals surface area contributed by atoms with Gasteiger partial charge in [0.2, 0.25) is 5.91 Å². The second-order valence-electron chi connectivity index (χ2n) is 8.17. The zero-order valence-corrected chi connectivity index (χ0v) is 23.7. The first-order valence-electron chi connectivity index (χ1n) is 11.5. The van der Waals surface area contributed by atoms with E-state index in [2.05, 4.69) is 10.6 Å². The number of benzene rings is 3. The maximum absolute atomic E-state index is 13.8. The molecule has 4 amide bonds. The number of anilines is 2. The van der Waals surface area contributed by atoms with E-state index in [1.54, 1.807) is 12.1 Å². The Labute approximate surface area is 245 Å². The maximum Gasteiger partial charge on any atom is 0.294 e. The number of nitrogens with zero attached hydrogens (tertiary/aromatic N) is 1. The minimum Gasteiger partial charge on any atom is -0.493 e. The number of rotatable bonds is 9. The van der Waals surface area contributed by atoms with Gasteiger partial charge in [0, 0.05) is 5.69 Å². The van der Waals surface area contributed by atoms with Gasteiger partial charge in [-0.1, -0.05) is 12.1 Å². The summed E-state index contributed by atoms with van der Waals surface area (Å²) in [5.74, 6) is -2.39. The lowest BCUT2D eigenvalue weighted by Crippen LogP contribution is -2.36. The number of methoxy groups -OCH3 is 1. The Kier molecular flexibility index (Phi) is 9.37.